The van der Waals surface area contributed by atoms with E-state index in [-0.39, 0.29) is 15.6 Å². The number of nitrogens with two attached hydrogens (primary N) is 1. The van der Waals surface area contributed by atoms with E-state index in [1.165, 1.54) is 6.07 Å². The Balaban J connectivity index is 3.39. The molecule has 1 radical (unpaired) electrons. The first kappa shape index (κ1) is 9.31. The fourth-order valence-corrected chi connectivity index (χ4v) is 1.43. The fourth-order valence-electron chi connectivity index (χ4n) is 0.691. The van der Waals surface area contributed by atoms with E-state index in [2.05, 4.69) is 6.07 Å². The molecule has 0 atom stereocenters. The van der Waals surface area contributed by atoms with Gasteiger partial charge in [-0.15, -0.1) is 0 Å². The van der Waals surface area contributed by atoms with Crippen LogP contribution in [0.15, 0.2) is 17.0 Å². The predicted molar refractivity (Wildman–Crippen MR) is 44.5 cm³/mol. The molecule has 0 unspecified atom stereocenters. The van der Waals surface area contributed by atoms with Gasteiger partial charge in [0.05, 0.1) is 10.7 Å². The minimum Gasteiger partial charge on any atom is -0.398 e. The molecule has 0 heterocycles. The lowest BCUT2D eigenvalue weighted by atomic mass is 10.3. The van der Waals surface area contributed by atoms with Crippen molar-refractivity contribution in [2.45, 2.75) is 4.90 Å². The van der Waals surface area contributed by atoms with Gasteiger partial charge in [0.15, 0.2) is 0 Å². The quantitative estimate of drug-likeness (QED) is 0.530. The molecule has 6 heteroatoms. The molecule has 3 N–H and O–H groups in total. The molecule has 0 aliphatic rings. The summed E-state index contributed by atoms with van der Waals surface area (Å²) in [6.07, 6.45) is 0. The minimum atomic E-state index is -4.27. The smallest absolute Gasteiger partial charge is 0.296 e. The van der Waals surface area contributed by atoms with Crippen molar-refractivity contribution in [2.75, 3.05) is 5.73 Å². The number of anilines is 1. The molecule has 0 spiro atoms. The maximum atomic E-state index is 10.6. The van der Waals surface area contributed by atoms with Gasteiger partial charge < -0.3 is 5.73 Å². The molecule has 0 aromatic heterocycles. The van der Waals surface area contributed by atoms with E-state index in [4.69, 9.17) is 21.9 Å². The van der Waals surface area contributed by atoms with Crippen LogP contribution in [-0.4, -0.2) is 13.0 Å². The van der Waals surface area contributed by atoms with Gasteiger partial charge >= 0.3 is 0 Å². The van der Waals surface area contributed by atoms with Gasteiger partial charge in [-0.3, -0.25) is 4.55 Å². The van der Waals surface area contributed by atoms with Gasteiger partial charge in [-0.05, 0) is 12.1 Å². The highest BCUT2D eigenvalue weighted by atomic mass is 35.5. The first-order chi connectivity index (χ1) is 5.41. The maximum absolute atomic E-state index is 10.6. The van der Waals surface area contributed by atoms with Crippen LogP contribution in [0.1, 0.15) is 0 Å². The first-order valence-electron chi connectivity index (χ1n) is 2.85. The van der Waals surface area contributed by atoms with E-state index >= 15 is 0 Å². The summed E-state index contributed by atoms with van der Waals surface area (Å²) in [6.45, 7) is 0. The minimum absolute atomic E-state index is 0.0961. The van der Waals surface area contributed by atoms with Crippen molar-refractivity contribution >= 4 is 27.4 Å². The number of hydrogen-bond acceptors (Lipinski definition) is 3. The summed E-state index contributed by atoms with van der Waals surface area (Å²) in [5.74, 6) is 0. The summed E-state index contributed by atoms with van der Waals surface area (Å²) in [6, 6.07) is 4.61. The number of rotatable bonds is 1. The third-order valence-electron chi connectivity index (χ3n) is 1.19. The highest BCUT2D eigenvalue weighted by Crippen LogP contribution is 2.21. The van der Waals surface area contributed by atoms with E-state index in [9.17, 15) is 8.42 Å². The largest absolute Gasteiger partial charge is 0.398 e. The van der Waals surface area contributed by atoms with E-state index in [1.807, 2.05) is 0 Å². The Kier molecular flexibility index (Phi) is 2.27. The second-order valence-electron chi connectivity index (χ2n) is 2.08. The average Bonchev–Trinajstić information content (AvgIpc) is 1.83. The third-order valence-corrected chi connectivity index (χ3v) is 2.31. The van der Waals surface area contributed by atoms with Crippen molar-refractivity contribution in [2.24, 2.45) is 0 Å². The van der Waals surface area contributed by atoms with Crippen LogP contribution < -0.4 is 5.73 Å². The van der Waals surface area contributed by atoms with Crippen LogP contribution in [0, 0.1) is 6.07 Å². The molecule has 0 amide bonds. The zero-order valence-corrected chi connectivity index (χ0v) is 7.35. The Morgan fingerprint density at radius 1 is 1.58 bits per heavy atom. The van der Waals surface area contributed by atoms with E-state index in [0.29, 0.717) is 0 Å². The lowest BCUT2D eigenvalue weighted by Crippen LogP contribution is -2.02. The molecule has 1 aromatic carbocycles. The predicted octanol–water partition coefficient (Wildman–Crippen LogP) is 0.969. The molecule has 0 aliphatic heterocycles. The van der Waals surface area contributed by atoms with Crippen LogP contribution in [0.5, 0.6) is 0 Å². The van der Waals surface area contributed by atoms with Crippen LogP contribution in [0.25, 0.3) is 0 Å². The van der Waals surface area contributed by atoms with Crippen molar-refractivity contribution in [3.63, 3.8) is 0 Å². The standard InChI is InChI=1S/C6H5ClNO3S/c7-4-1-2-6(5(8)3-4)12(9,10)11/h2-3H,8H2,(H,9,10,11). The molecule has 1 aromatic rings. The highest BCUT2D eigenvalue weighted by Gasteiger charge is 2.13. The van der Waals surface area contributed by atoms with Crippen LogP contribution in [0.2, 0.25) is 5.02 Å². The summed E-state index contributed by atoms with van der Waals surface area (Å²) >= 11 is 5.46. The topological polar surface area (TPSA) is 80.4 Å². The Morgan fingerprint density at radius 2 is 2.17 bits per heavy atom. The number of nitrogen functional groups attached to an aromatic ring is 1. The summed E-state index contributed by atoms with van der Waals surface area (Å²) in [7, 11) is -4.27. The van der Waals surface area contributed by atoms with Crippen LogP contribution in [0.3, 0.4) is 0 Å². The van der Waals surface area contributed by atoms with Gasteiger partial charge in [0, 0.05) is 6.07 Å². The van der Waals surface area contributed by atoms with E-state index in [1.54, 1.807) is 0 Å². The van der Waals surface area contributed by atoms with E-state index < -0.39 is 10.1 Å². The summed E-state index contributed by atoms with van der Waals surface area (Å²) in [5.41, 5.74) is 5.17. The van der Waals surface area contributed by atoms with Crippen molar-refractivity contribution in [1.29, 1.82) is 0 Å². The Bertz CT molecular complexity index is 401. The Morgan fingerprint density at radius 3 is 2.58 bits per heavy atom. The number of hydrogen-bond donors (Lipinski definition) is 2. The summed E-state index contributed by atoms with van der Waals surface area (Å²) in [4.78, 5) is -0.382. The molecule has 1 rings (SSSR count). The van der Waals surface area contributed by atoms with Crippen molar-refractivity contribution in [3.05, 3.63) is 23.2 Å². The third kappa shape index (κ3) is 1.88. The maximum Gasteiger partial charge on any atom is 0.296 e. The van der Waals surface area contributed by atoms with Gasteiger partial charge in [0.2, 0.25) is 0 Å². The average molecular weight is 207 g/mol. The second-order valence-corrected chi connectivity index (χ2v) is 3.87. The van der Waals surface area contributed by atoms with Gasteiger partial charge in [0.1, 0.15) is 4.90 Å². The van der Waals surface area contributed by atoms with Gasteiger partial charge in [-0.25, -0.2) is 0 Å². The number of benzene rings is 1. The number of halogens is 1. The van der Waals surface area contributed by atoms with Gasteiger partial charge in [0.25, 0.3) is 10.1 Å². The van der Waals surface area contributed by atoms with Crippen LogP contribution in [0.4, 0.5) is 5.69 Å². The zero-order chi connectivity index (χ0) is 9.35. The van der Waals surface area contributed by atoms with Crippen molar-refractivity contribution in [1.82, 2.24) is 0 Å². The molecule has 0 bridgehead atoms. The summed E-state index contributed by atoms with van der Waals surface area (Å²) < 4.78 is 29.7. The lowest BCUT2D eigenvalue weighted by Gasteiger charge is -2.00. The molecular formula is C6H5ClNO3S. The SMILES string of the molecule is Nc1cc(Cl)[c]cc1S(=O)(=O)O. The monoisotopic (exact) mass is 206 g/mol. The molecule has 0 saturated carbocycles. The summed E-state index contributed by atoms with van der Waals surface area (Å²) in [5, 5.41) is 0.194. The van der Waals surface area contributed by atoms with Crippen molar-refractivity contribution in [3.8, 4) is 0 Å². The van der Waals surface area contributed by atoms with Crippen molar-refractivity contribution < 1.29 is 13.0 Å². The normalized spacial score (nSPS) is 11.5. The van der Waals surface area contributed by atoms with Crippen LogP contribution in [-0.2, 0) is 10.1 Å². The first-order valence-corrected chi connectivity index (χ1v) is 4.67. The van der Waals surface area contributed by atoms with Gasteiger partial charge in [-0.2, -0.15) is 8.42 Å². The molecule has 4 nitrogen and oxygen atoms in total. The Labute approximate surface area is 74.7 Å². The zero-order valence-electron chi connectivity index (χ0n) is 5.78. The molecule has 0 fully saturated rings. The van der Waals surface area contributed by atoms with Gasteiger partial charge in [-0.1, -0.05) is 11.6 Å². The van der Waals surface area contributed by atoms with Crippen LogP contribution >= 0.6 is 11.6 Å². The lowest BCUT2D eigenvalue weighted by molar-refractivity contribution is 0.483. The molecule has 0 aliphatic carbocycles. The molecular weight excluding hydrogens is 202 g/mol. The second kappa shape index (κ2) is 2.93. The molecule has 0 saturated heterocycles. The van der Waals surface area contributed by atoms with E-state index in [0.717, 1.165) is 6.07 Å². The fraction of sp³-hybridized carbons (Fsp3) is 0. The Hall–Kier alpha value is -0.780. The molecule has 12 heavy (non-hydrogen) atoms. The highest BCUT2D eigenvalue weighted by molar-refractivity contribution is 7.86. The molecule has 65 valence electrons.